The molecule has 166 valence electrons. The summed E-state index contributed by atoms with van der Waals surface area (Å²) in [5.74, 6) is 1.05. The van der Waals surface area contributed by atoms with Gasteiger partial charge in [-0.1, -0.05) is 31.5 Å². The molecule has 0 bridgehead atoms. The zero-order chi connectivity index (χ0) is 21.6. The monoisotopic (exact) mass is 459 g/mol. The molecule has 7 nitrogen and oxygen atoms in total. The van der Waals surface area contributed by atoms with Crippen molar-refractivity contribution in [1.29, 1.82) is 5.26 Å². The predicted molar refractivity (Wildman–Crippen MR) is 123 cm³/mol. The molecular weight excluding hydrogens is 430 g/mol. The quantitative estimate of drug-likeness (QED) is 0.619. The van der Waals surface area contributed by atoms with Crippen molar-refractivity contribution in [2.24, 2.45) is 0 Å². The van der Waals surface area contributed by atoms with Gasteiger partial charge in [0.15, 0.2) is 5.16 Å². The van der Waals surface area contributed by atoms with Crippen LogP contribution < -0.4 is 5.32 Å². The molecule has 2 aromatic rings. The van der Waals surface area contributed by atoms with Crippen molar-refractivity contribution in [3.8, 4) is 6.07 Å². The summed E-state index contributed by atoms with van der Waals surface area (Å²) < 4.78 is 7.86. The topological polar surface area (TPSA) is 92.8 Å². The number of ether oxygens (including phenoxy) is 1. The summed E-state index contributed by atoms with van der Waals surface area (Å²) in [6.07, 6.45) is 9.78. The van der Waals surface area contributed by atoms with E-state index in [2.05, 4.69) is 33.1 Å². The minimum atomic E-state index is -0.111. The molecular formula is C22H29N5O2S2. The van der Waals surface area contributed by atoms with E-state index in [9.17, 15) is 10.1 Å². The lowest BCUT2D eigenvalue weighted by molar-refractivity contribution is -0.113. The highest BCUT2D eigenvalue weighted by atomic mass is 32.2. The summed E-state index contributed by atoms with van der Waals surface area (Å²) in [4.78, 5) is 14.0. The lowest BCUT2D eigenvalue weighted by Crippen LogP contribution is -2.19. The number of nitrogens with one attached hydrogen (secondary N) is 1. The van der Waals surface area contributed by atoms with E-state index in [1.807, 2.05) is 0 Å². The number of amides is 1. The molecule has 1 aliphatic carbocycles. The minimum absolute atomic E-state index is 0.111. The number of carbonyl (C=O) groups excluding carboxylic acids is 1. The summed E-state index contributed by atoms with van der Waals surface area (Å²) in [6, 6.07) is 2.34. The van der Waals surface area contributed by atoms with Gasteiger partial charge in [-0.2, -0.15) is 5.26 Å². The summed E-state index contributed by atoms with van der Waals surface area (Å²) in [5, 5.41) is 22.8. The largest absolute Gasteiger partial charge is 0.376 e. The molecule has 31 heavy (non-hydrogen) atoms. The molecule has 1 aliphatic heterocycles. The Morgan fingerprint density at radius 3 is 2.87 bits per heavy atom. The normalized spacial score (nSPS) is 18.8. The van der Waals surface area contributed by atoms with Crippen molar-refractivity contribution in [2.75, 3.05) is 17.7 Å². The molecule has 4 rings (SSSR count). The van der Waals surface area contributed by atoms with Crippen LogP contribution in [0.25, 0.3) is 0 Å². The molecule has 2 aromatic heterocycles. The number of aryl methyl sites for hydroxylation is 2. The van der Waals surface area contributed by atoms with Gasteiger partial charge in [-0.05, 0) is 44.1 Å². The number of nitrogens with zero attached hydrogens (tertiary/aromatic N) is 4. The number of thioether (sulfide) groups is 1. The third-order valence-electron chi connectivity index (χ3n) is 5.89. The average Bonchev–Trinajstić information content (AvgIpc) is 3.47. The summed E-state index contributed by atoms with van der Waals surface area (Å²) in [6.45, 7) is 3.60. The number of hydrogen-bond acceptors (Lipinski definition) is 7. The van der Waals surface area contributed by atoms with Crippen LogP contribution in [0.2, 0.25) is 0 Å². The van der Waals surface area contributed by atoms with Gasteiger partial charge >= 0.3 is 0 Å². The SMILES string of the molecule is CCc1nnc(SCC(=O)Nc2sc3c(c2C#N)CCCCCC3)n1CC1CCCO1. The molecule has 1 amide bonds. The maximum atomic E-state index is 12.7. The zero-order valence-corrected chi connectivity index (χ0v) is 19.6. The van der Waals surface area contributed by atoms with Gasteiger partial charge in [-0.3, -0.25) is 4.79 Å². The van der Waals surface area contributed by atoms with Crippen LogP contribution in [-0.2, 0) is 35.3 Å². The number of nitriles is 1. The second-order valence-corrected chi connectivity index (χ2v) is 10.1. The van der Waals surface area contributed by atoms with Gasteiger partial charge in [0.25, 0.3) is 0 Å². The Bertz CT molecular complexity index is 956. The Balaban J connectivity index is 1.41. The number of rotatable bonds is 7. The highest BCUT2D eigenvalue weighted by Crippen LogP contribution is 2.36. The van der Waals surface area contributed by atoms with Gasteiger partial charge in [0, 0.05) is 17.9 Å². The van der Waals surface area contributed by atoms with E-state index in [0.29, 0.717) is 10.6 Å². The second-order valence-electron chi connectivity index (χ2n) is 8.07. The van der Waals surface area contributed by atoms with Crippen LogP contribution in [0.5, 0.6) is 0 Å². The molecule has 3 heterocycles. The molecule has 1 fully saturated rings. The number of aromatic nitrogens is 3. The predicted octanol–water partition coefficient (Wildman–Crippen LogP) is 4.34. The maximum Gasteiger partial charge on any atom is 0.235 e. The van der Waals surface area contributed by atoms with Crippen LogP contribution in [0.4, 0.5) is 5.00 Å². The third-order valence-corrected chi connectivity index (χ3v) is 8.06. The number of thiophene rings is 1. The van der Waals surface area contributed by atoms with Crippen molar-refractivity contribution >= 4 is 34.0 Å². The van der Waals surface area contributed by atoms with Crippen molar-refractivity contribution in [2.45, 2.75) is 82.5 Å². The average molecular weight is 460 g/mol. The number of anilines is 1. The highest BCUT2D eigenvalue weighted by Gasteiger charge is 2.23. The first-order chi connectivity index (χ1) is 15.2. The Labute approximate surface area is 191 Å². The number of hydrogen-bond donors (Lipinski definition) is 1. The van der Waals surface area contributed by atoms with Crippen LogP contribution in [0.15, 0.2) is 5.16 Å². The van der Waals surface area contributed by atoms with Crippen molar-refractivity contribution < 1.29 is 9.53 Å². The molecule has 1 unspecified atom stereocenters. The number of carbonyl (C=O) groups is 1. The second kappa shape index (κ2) is 10.6. The fraction of sp³-hybridized carbons (Fsp3) is 0.636. The van der Waals surface area contributed by atoms with E-state index in [1.54, 1.807) is 11.3 Å². The molecule has 0 spiro atoms. The van der Waals surface area contributed by atoms with Crippen LogP contribution in [0.3, 0.4) is 0 Å². The van der Waals surface area contributed by atoms with E-state index >= 15 is 0 Å². The fourth-order valence-electron chi connectivity index (χ4n) is 4.28. The van der Waals surface area contributed by atoms with Crippen LogP contribution >= 0.6 is 23.1 Å². The molecule has 9 heteroatoms. The van der Waals surface area contributed by atoms with E-state index in [-0.39, 0.29) is 17.8 Å². The maximum absolute atomic E-state index is 12.7. The van der Waals surface area contributed by atoms with E-state index in [0.717, 1.165) is 74.6 Å². The van der Waals surface area contributed by atoms with E-state index < -0.39 is 0 Å². The Kier molecular flexibility index (Phi) is 7.64. The van der Waals surface area contributed by atoms with Gasteiger partial charge in [0.1, 0.15) is 16.9 Å². The lowest BCUT2D eigenvalue weighted by Gasteiger charge is -2.14. The van der Waals surface area contributed by atoms with Crippen molar-refractivity contribution in [3.05, 3.63) is 21.8 Å². The van der Waals surface area contributed by atoms with E-state index in [4.69, 9.17) is 4.74 Å². The van der Waals surface area contributed by atoms with Gasteiger partial charge in [-0.25, -0.2) is 0 Å². The summed E-state index contributed by atoms with van der Waals surface area (Å²) in [5.41, 5.74) is 1.81. The number of fused-ring (bicyclic) bond motifs is 1. The first-order valence-corrected chi connectivity index (χ1v) is 13.0. The van der Waals surface area contributed by atoms with E-state index in [1.165, 1.54) is 29.5 Å². The standard InChI is InChI=1S/C22H29N5O2S2/c1-2-19-25-26-22(27(19)13-15-8-7-11-29-15)30-14-20(28)24-21-17(12-23)16-9-5-3-4-6-10-18(16)31-21/h15H,2-11,13-14H2,1H3,(H,24,28). The Morgan fingerprint density at radius 2 is 2.13 bits per heavy atom. The van der Waals surface area contributed by atoms with Gasteiger partial charge in [0.2, 0.25) is 5.91 Å². The van der Waals surface area contributed by atoms with Gasteiger partial charge in [-0.15, -0.1) is 21.5 Å². The molecule has 1 atom stereocenters. The Hall–Kier alpha value is -1.89. The summed E-state index contributed by atoms with van der Waals surface area (Å²) >= 11 is 2.97. The van der Waals surface area contributed by atoms with Crippen LogP contribution in [0, 0.1) is 11.3 Å². The molecule has 1 saturated heterocycles. The Morgan fingerprint density at radius 1 is 1.29 bits per heavy atom. The van der Waals surface area contributed by atoms with Crippen molar-refractivity contribution in [3.63, 3.8) is 0 Å². The molecule has 0 saturated carbocycles. The van der Waals surface area contributed by atoms with Crippen LogP contribution in [0.1, 0.15) is 67.3 Å². The van der Waals surface area contributed by atoms with Crippen LogP contribution in [-0.4, -0.2) is 39.1 Å². The van der Waals surface area contributed by atoms with Crippen molar-refractivity contribution in [1.82, 2.24) is 14.8 Å². The fourth-order valence-corrected chi connectivity index (χ4v) is 6.30. The first kappa shape index (κ1) is 22.3. The third kappa shape index (κ3) is 5.30. The molecule has 0 radical (unpaired) electrons. The first-order valence-electron chi connectivity index (χ1n) is 11.2. The molecule has 2 aliphatic rings. The zero-order valence-electron chi connectivity index (χ0n) is 18.0. The van der Waals surface area contributed by atoms with Gasteiger partial charge in [0.05, 0.1) is 24.0 Å². The molecule has 0 aromatic carbocycles. The summed E-state index contributed by atoms with van der Waals surface area (Å²) in [7, 11) is 0. The smallest absolute Gasteiger partial charge is 0.235 e. The lowest BCUT2D eigenvalue weighted by atomic mass is 9.97. The highest BCUT2D eigenvalue weighted by molar-refractivity contribution is 7.99. The van der Waals surface area contributed by atoms with Gasteiger partial charge < -0.3 is 14.6 Å². The minimum Gasteiger partial charge on any atom is -0.376 e. The molecule has 1 N–H and O–H groups in total.